The smallest absolute Gasteiger partial charge is 0.110 e. The van der Waals surface area contributed by atoms with E-state index in [0.29, 0.717) is 5.92 Å². The minimum Gasteiger partial charge on any atom is -0.345 e. The first-order chi connectivity index (χ1) is 8.15. The molecular formula is C14H15BrN2. The molecule has 0 unspecified atom stereocenters. The number of rotatable bonds is 2. The number of nitrogens with one attached hydrogen (secondary N) is 1. The van der Waals surface area contributed by atoms with Crippen LogP contribution in [0, 0.1) is 13.8 Å². The molecular weight excluding hydrogens is 276 g/mol. The molecule has 0 spiro atoms. The maximum Gasteiger partial charge on any atom is 0.110 e. The van der Waals surface area contributed by atoms with Gasteiger partial charge in [0.2, 0.25) is 0 Å². The molecule has 0 amide bonds. The van der Waals surface area contributed by atoms with Gasteiger partial charge in [-0.05, 0) is 38.3 Å². The molecule has 1 saturated carbocycles. The van der Waals surface area contributed by atoms with Crippen LogP contribution in [0.2, 0.25) is 0 Å². The van der Waals surface area contributed by atoms with E-state index in [0.717, 1.165) is 16.0 Å². The minimum atomic E-state index is 0.677. The van der Waals surface area contributed by atoms with Gasteiger partial charge >= 0.3 is 0 Å². The SMILES string of the molecule is Cc1ccc(-c2nc(C3CC3)[nH]c2C)cc1Br. The summed E-state index contributed by atoms with van der Waals surface area (Å²) in [6, 6.07) is 6.42. The summed E-state index contributed by atoms with van der Waals surface area (Å²) in [5.74, 6) is 1.84. The zero-order valence-corrected chi connectivity index (χ0v) is 11.6. The summed E-state index contributed by atoms with van der Waals surface area (Å²) in [4.78, 5) is 8.15. The lowest BCUT2D eigenvalue weighted by molar-refractivity contribution is 0.969. The third kappa shape index (κ3) is 2.04. The molecule has 2 aromatic rings. The van der Waals surface area contributed by atoms with Gasteiger partial charge in [0.1, 0.15) is 5.82 Å². The van der Waals surface area contributed by atoms with Crippen molar-refractivity contribution in [3.63, 3.8) is 0 Å². The summed E-state index contributed by atoms with van der Waals surface area (Å²) < 4.78 is 1.14. The quantitative estimate of drug-likeness (QED) is 0.876. The highest BCUT2D eigenvalue weighted by Crippen LogP contribution is 2.39. The Morgan fingerprint density at radius 1 is 1.29 bits per heavy atom. The summed E-state index contributed by atoms with van der Waals surface area (Å²) in [5.41, 5.74) is 4.70. The topological polar surface area (TPSA) is 28.7 Å². The number of nitrogens with zero attached hydrogens (tertiary/aromatic N) is 1. The number of benzene rings is 1. The van der Waals surface area contributed by atoms with Crippen LogP contribution in [0.15, 0.2) is 22.7 Å². The Morgan fingerprint density at radius 2 is 2.06 bits per heavy atom. The molecule has 1 N–H and O–H groups in total. The van der Waals surface area contributed by atoms with Crippen LogP contribution in [0.3, 0.4) is 0 Å². The van der Waals surface area contributed by atoms with Crippen molar-refractivity contribution in [1.29, 1.82) is 0 Å². The number of aromatic nitrogens is 2. The van der Waals surface area contributed by atoms with Crippen molar-refractivity contribution in [2.75, 3.05) is 0 Å². The summed E-state index contributed by atoms with van der Waals surface area (Å²) in [7, 11) is 0. The Bertz CT molecular complexity index is 568. The first kappa shape index (κ1) is 11.0. The molecule has 1 heterocycles. The molecule has 0 saturated heterocycles. The number of aromatic amines is 1. The van der Waals surface area contributed by atoms with Gasteiger partial charge in [0.15, 0.2) is 0 Å². The molecule has 17 heavy (non-hydrogen) atoms. The van der Waals surface area contributed by atoms with Gasteiger partial charge in [-0.3, -0.25) is 0 Å². The van der Waals surface area contributed by atoms with E-state index in [1.807, 2.05) is 0 Å². The highest BCUT2D eigenvalue weighted by atomic mass is 79.9. The molecule has 0 bridgehead atoms. The third-order valence-corrected chi connectivity index (χ3v) is 4.17. The Morgan fingerprint density at radius 3 is 2.71 bits per heavy atom. The van der Waals surface area contributed by atoms with E-state index in [-0.39, 0.29) is 0 Å². The van der Waals surface area contributed by atoms with E-state index in [2.05, 4.69) is 53.0 Å². The fraction of sp³-hybridized carbons (Fsp3) is 0.357. The molecule has 1 fully saturated rings. The van der Waals surface area contributed by atoms with Crippen LogP contribution < -0.4 is 0 Å². The van der Waals surface area contributed by atoms with Gasteiger partial charge in [0, 0.05) is 21.6 Å². The molecule has 1 aliphatic rings. The molecule has 3 heteroatoms. The van der Waals surface area contributed by atoms with Crippen LogP contribution >= 0.6 is 15.9 Å². The number of hydrogen-bond acceptors (Lipinski definition) is 1. The summed E-state index contributed by atoms with van der Waals surface area (Å²) in [5, 5.41) is 0. The second kappa shape index (κ2) is 3.98. The van der Waals surface area contributed by atoms with Crippen molar-refractivity contribution in [3.8, 4) is 11.3 Å². The average molecular weight is 291 g/mol. The van der Waals surface area contributed by atoms with E-state index in [1.165, 1.54) is 29.7 Å². The molecule has 0 aliphatic heterocycles. The zero-order valence-electron chi connectivity index (χ0n) is 10.0. The van der Waals surface area contributed by atoms with Crippen LogP contribution in [0.1, 0.15) is 35.8 Å². The van der Waals surface area contributed by atoms with Crippen molar-refractivity contribution in [2.45, 2.75) is 32.6 Å². The second-order valence-corrected chi connectivity index (χ2v) is 5.69. The summed E-state index contributed by atoms with van der Waals surface area (Å²) in [6.07, 6.45) is 2.56. The first-order valence-electron chi connectivity index (χ1n) is 5.98. The highest BCUT2D eigenvalue weighted by molar-refractivity contribution is 9.10. The van der Waals surface area contributed by atoms with Gasteiger partial charge in [0.05, 0.1) is 5.69 Å². The van der Waals surface area contributed by atoms with Gasteiger partial charge in [0.25, 0.3) is 0 Å². The Kier molecular flexibility index (Phi) is 2.58. The van der Waals surface area contributed by atoms with Gasteiger partial charge < -0.3 is 4.98 Å². The predicted molar refractivity (Wildman–Crippen MR) is 73.2 cm³/mol. The number of H-pyrrole nitrogens is 1. The maximum atomic E-state index is 4.74. The van der Waals surface area contributed by atoms with Crippen LogP contribution in [0.5, 0.6) is 0 Å². The van der Waals surface area contributed by atoms with Crippen LogP contribution in [-0.2, 0) is 0 Å². The summed E-state index contributed by atoms with van der Waals surface area (Å²) >= 11 is 3.58. The number of halogens is 1. The van der Waals surface area contributed by atoms with Gasteiger partial charge in [-0.15, -0.1) is 0 Å². The first-order valence-corrected chi connectivity index (χ1v) is 6.77. The van der Waals surface area contributed by atoms with E-state index < -0.39 is 0 Å². The van der Waals surface area contributed by atoms with Crippen molar-refractivity contribution in [1.82, 2.24) is 9.97 Å². The zero-order chi connectivity index (χ0) is 12.0. The standard InChI is InChI=1S/C14H15BrN2/c1-8-3-4-11(7-12(8)15)13-9(2)16-14(17-13)10-5-6-10/h3-4,7,10H,5-6H2,1-2H3,(H,16,17). The number of hydrogen-bond donors (Lipinski definition) is 1. The van der Waals surface area contributed by atoms with Crippen LogP contribution in [0.25, 0.3) is 11.3 Å². The van der Waals surface area contributed by atoms with Gasteiger partial charge in [-0.25, -0.2) is 4.98 Å². The van der Waals surface area contributed by atoms with Gasteiger partial charge in [-0.2, -0.15) is 0 Å². The monoisotopic (exact) mass is 290 g/mol. The molecule has 0 radical (unpaired) electrons. The lowest BCUT2D eigenvalue weighted by Gasteiger charge is -2.02. The van der Waals surface area contributed by atoms with Crippen LogP contribution in [-0.4, -0.2) is 9.97 Å². The lowest BCUT2D eigenvalue weighted by atomic mass is 10.1. The molecule has 1 aliphatic carbocycles. The third-order valence-electron chi connectivity index (χ3n) is 3.31. The largest absolute Gasteiger partial charge is 0.345 e. The maximum absolute atomic E-state index is 4.74. The van der Waals surface area contributed by atoms with Crippen molar-refractivity contribution >= 4 is 15.9 Å². The Balaban J connectivity index is 2.04. The highest BCUT2D eigenvalue weighted by Gasteiger charge is 2.27. The normalized spacial score (nSPS) is 15.2. The molecule has 2 nitrogen and oxygen atoms in total. The van der Waals surface area contributed by atoms with E-state index in [1.54, 1.807) is 0 Å². The Hall–Kier alpha value is -1.09. The molecule has 3 rings (SSSR count). The average Bonchev–Trinajstić information content (AvgIpc) is 3.07. The van der Waals surface area contributed by atoms with Crippen LogP contribution in [0.4, 0.5) is 0 Å². The van der Waals surface area contributed by atoms with E-state index in [4.69, 9.17) is 4.98 Å². The fourth-order valence-corrected chi connectivity index (χ4v) is 2.43. The Labute approximate surface area is 110 Å². The molecule has 1 aromatic carbocycles. The fourth-order valence-electron chi connectivity index (χ4n) is 2.05. The van der Waals surface area contributed by atoms with E-state index >= 15 is 0 Å². The van der Waals surface area contributed by atoms with Gasteiger partial charge in [-0.1, -0.05) is 28.1 Å². The lowest BCUT2D eigenvalue weighted by Crippen LogP contribution is -1.84. The molecule has 88 valence electrons. The molecule has 1 aromatic heterocycles. The van der Waals surface area contributed by atoms with Crippen molar-refractivity contribution in [3.05, 3.63) is 39.8 Å². The van der Waals surface area contributed by atoms with Crippen molar-refractivity contribution < 1.29 is 0 Å². The predicted octanol–water partition coefficient (Wildman–Crippen LogP) is 4.33. The number of aryl methyl sites for hydroxylation is 2. The number of imidazole rings is 1. The van der Waals surface area contributed by atoms with Crippen molar-refractivity contribution in [2.24, 2.45) is 0 Å². The minimum absolute atomic E-state index is 0.677. The second-order valence-electron chi connectivity index (χ2n) is 4.83. The molecule has 0 atom stereocenters. The van der Waals surface area contributed by atoms with E-state index in [9.17, 15) is 0 Å². The summed E-state index contributed by atoms with van der Waals surface area (Å²) in [6.45, 7) is 4.20.